The van der Waals surface area contributed by atoms with Gasteiger partial charge in [0.25, 0.3) is 0 Å². The van der Waals surface area contributed by atoms with E-state index in [9.17, 15) is 14.7 Å². The van der Waals surface area contributed by atoms with E-state index in [4.69, 9.17) is 14.2 Å². The molecule has 0 spiro atoms. The Morgan fingerprint density at radius 1 is 1.12 bits per heavy atom. The SMILES string of the molecule is COc1cc(P)c(OC2CCC(C(=O)OC(C)(C)C)CC2)cc1C(=O)O. The van der Waals surface area contributed by atoms with E-state index in [2.05, 4.69) is 9.24 Å². The first-order valence-electron chi connectivity index (χ1n) is 8.71. The lowest BCUT2D eigenvalue weighted by molar-refractivity contribution is -0.161. The zero-order valence-corrected chi connectivity index (χ0v) is 16.9. The third-order valence-electron chi connectivity index (χ3n) is 4.27. The molecule has 1 aromatic rings. The molecule has 1 saturated carbocycles. The number of esters is 1. The molecular weight excluding hydrogens is 355 g/mol. The van der Waals surface area contributed by atoms with Gasteiger partial charge in [-0.15, -0.1) is 9.24 Å². The zero-order valence-electron chi connectivity index (χ0n) is 15.7. The summed E-state index contributed by atoms with van der Waals surface area (Å²) in [5.74, 6) is -0.516. The van der Waals surface area contributed by atoms with Crippen molar-refractivity contribution in [2.45, 2.75) is 58.2 Å². The van der Waals surface area contributed by atoms with E-state index in [-0.39, 0.29) is 23.6 Å². The van der Waals surface area contributed by atoms with Crippen LogP contribution in [0.3, 0.4) is 0 Å². The molecule has 6 nitrogen and oxygen atoms in total. The Labute approximate surface area is 156 Å². The molecule has 0 amide bonds. The van der Waals surface area contributed by atoms with Crippen LogP contribution in [0.2, 0.25) is 0 Å². The van der Waals surface area contributed by atoms with Gasteiger partial charge >= 0.3 is 11.9 Å². The number of ether oxygens (including phenoxy) is 3. The van der Waals surface area contributed by atoms with Gasteiger partial charge < -0.3 is 19.3 Å². The van der Waals surface area contributed by atoms with Gasteiger partial charge in [0.1, 0.15) is 22.7 Å². The zero-order chi connectivity index (χ0) is 19.5. The van der Waals surface area contributed by atoms with Gasteiger partial charge in [0.15, 0.2) is 0 Å². The topological polar surface area (TPSA) is 82.1 Å². The Morgan fingerprint density at radius 2 is 1.73 bits per heavy atom. The lowest BCUT2D eigenvalue weighted by atomic mass is 9.87. The second-order valence-corrected chi connectivity index (χ2v) is 8.14. The van der Waals surface area contributed by atoms with Crippen LogP contribution < -0.4 is 14.8 Å². The predicted octanol–water partition coefficient (Wildman–Crippen LogP) is 3.17. The Kier molecular flexibility index (Phi) is 6.51. The van der Waals surface area contributed by atoms with Gasteiger partial charge in [-0.3, -0.25) is 4.79 Å². The summed E-state index contributed by atoms with van der Waals surface area (Å²) in [4.78, 5) is 23.6. The molecule has 1 aliphatic rings. The molecule has 1 unspecified atom stereocenters. The number of carboxylic acid groups (broad SMARTS) is 1. The van der Waals surface area contributed by atoms with E-state index in [1.807, 2.05) is 20.8 Å². The number of carbonyl (C=O) groups excluding carboxylic acids is 1. The quantitative estimate of drug-likeness (QED) is 0.622. The van der Waals surface area contributed by atoms with Gasteiger partial charge in [0.2, 0.25) is 0 Å². The minimum atomic E-state index is -1.06. The van der Waals surface area contributed by atoms with Gasteiger partial charge in [-0.05, 0) is 58.6 Å². The van der Waals surface area contributed by atoms with Crippen LogP contribution in [0.4, 0.5) is 0 Å². The fourth-order valence-electron chi connectivity index (χ4n) is 2.99. The maximum absolute atomic E-state index is 12.2. The first kappa shape index (κ1) is 20.5. The predicted molar refractivity (Wildman–Crippen MR) is 102 cm³/mol. The summed E-state index contributed by atoms with van der Waals surface area (Å²) >= 11 is 0. The number of hydrogen-bond donors (Lipinski definition) is 1. The fraction of sp³-hybridized carbons (Fsp3) is 0.579. The molecule has 0 bridgehead atoms. The summed E-state index contributed by atoms with van der Waals surface area (Å²) in [6.45, 7) is 5.59. The highest BCUT2D eigenvalue weighted by atomic mass is 31.0. The van der Waals surface area contributed by atoms with E-state index in [1.165, 1.54) is 13.2 Å². The summed E-state index contributed by atoms with van der Waals surface area (Å²) in [7, 11) is 3.98. The number of hydrogen-bond acceptors (Lipinski definition) is 5. The molecule has 1 fully saturated rings. The second kappa shape index (κ2) is 8.26. The molecule has 2 rings (SSSR count). The Morgan fingerprint density at radius 3 is 2.23 bits per heavy atom. The molecule has 1 aliphatic carbocycles. The molecule has 1 atom stereocenters. The summed E-state index contributed by atoms with van der Waals surface area (Å²) in [6, 6.07) is 3.12. The maximum Gasteiger partial charge on any atom is 0.339 e. The lowest BCUT2D eigenvalue weighted by Crippen LogP contribution is -2.33. The molecule has 0 radical (unpaired) electrons. The van der Waals surface area contributed by atoms with Crippen molar-refractivity contribution in [1.82, 2.24) is 0 Å². The van der Waals surface area contributed by atoms with Gasteiger partial charge in [-0.1, -0.05) is 0 Å². The van der Waals surface area contributed by atoms with E-state index in [1.54, 1.807) is 6.07 Å². The molecule has 26 heavy (non-hydrogen) atoms. The largest absolute Gasteiger partial charge is 0.496 e. The van der Waals surface area contributed by atoms with E-state index < -0.39 is 11.6 Å². The Bertz CT molecular complexity index is 671. The average Bonchev–Trinajstić information content (AvgIpc) is 2.55. The number of rotatable bonds is 5. The third kappa shape index (κ3) is 5.34. The molecule has 0 aliphatic heterocycles. The van der Waals surface area contributed by atoms with Gasteiger partial charge in [0, 0.05) is 5.30 Å². The molecule has 1 aromatic carbocycles. The minimum Gasteiger partial charge on any atom is -0.496 e. The smallest absolute Gasteiger partial charge is 0.339 e. The average molecular weight is 382 g/mol. The van der Waals surface area contributed by atoms with Crippen molar-refractivity contribution in [3.05, 3.63) is 17.7 Å². The van der Waals surface area contributed by atoms with Gasteiger partial charge in [-0.2, -0.15) is 0 Å². The van der Waals surface area contributed by atoms with E-state index in [0.717, 1.165) is 18.1 Å². The molecule has 1 N–H and O–H groups in total. The normalized spacial score (nSPS) is 20.3. The van der Waals surface area contributed by atoms with Crippen molar-refractivity contribution < 1.29 is 28.9 Å². The number of carbonyl (C=O) groups is 2. The number of carboxylic acids is 1. The van der Waals surface area contributed by atoms with Crippen LogP contribution in [0.5, 0.6) is 11.5 Å². The van der Waals surface area contributed by atoms with Crippen molar-refractivity contribution in [2.24, 2.45) is 5.92 Å². The third-order valence-corrected chi connectivity index (χ3v) is 4.72. The molecule has 7 heteroatoms. The van der Waals surface area contributed by atoms with Crippen molar-refractivity contribution in [3.63, 3.8) is 0 Å². The van der Waals surface area contributed by atoms with E-state index >= 15 is 0 Å². The summed E-state index contributed by atoms with van der Waals surface area (Å²) < 4.78 is 16.6. The Balaban J connectivity index is 2.00. The highest BCUT2D eigenvalue weighted by molar-refractivity contribution is 7.27. The van der Waals surface area contributed by atoms with Crippen molar-refractivity contribution >= 4 is 26.5 Å². The standard InChI is InChI=1S/C19H27O6P/c1-19(2,3)25-18(22)11-5-7-12(8-6-11)24-15-9-13(17(20)21)14(23-4)10-16(15)26/h9-12H,5-8,26H2,1-4H3,(H,20,21). The first-order valence-corrected chi connectivity index (χ1v) is 9.28. The van der Waals surface area contributed by atoms with Crippen LogP contribution in [-0.2, 0) is 9.53 Å². The summed E-state index contributed by atoms with van der Waals surface area (Å²) in [6.07, 6.45) is 2.80. The van der Waals surface area contributed by atoms with Gasteiger partial charge in [-0.25, -0.2) is 4.79 Å². The molecular formula is C19H27O6P. The minimum absolute atomic E-state index is 0.0528. The van der Waals surface area contributed by atoms with Gasteiger partial charge in [0.05, 0.1) is 19.1 Å². The number of benzene rings is 1. The molecule has 144 valence electrons. The van der Waals surface area contributed by atoms with Crippen LogP contribution >= 0.6 is 9.24 Å². The fourth-order valence-corrected chi connectivity index (χ4v) is 3.30. The lowest BCUT2D eigenvalue weighted by Gasteiger charge is -2.30. The molecule has 0 heterocycles. The molecule has 0 saturated heterocycles. The van der Waals surface area contributed by atoms with Crippen molar-refractivity contribution in [1.29, 1.82) is 0 Å². The van der Waals surface area contributed by atoms with Crippen LogP contribution in [0, 0.1) is 5.92 Å². The van der Waals surface area contributed by atoms with E-state index in [0.29, 0.717) is 24.3 Å². The summed E-state index contributed by atoms with van der Waals surface area (Å²) in [5, 5.41) is 10.0. The van der Waals surface area contributed by atoms with Crippen LogP contribution in [0.25, 0.3) is 0 Å². The summed E-state index contributed by atoms with van der Waals surface area (Å²) in [5.41, 5.74) is -0.411. The highest BCUT2D eigenvalue weighted by Crippen LogP contribution is 2.31. The van der Waals surface area contributed by atoms with Crippen LogP contribution in [-0.4, -0.2) is 35.9 Å². The molecule has 0 aromatic heterocycles. The van der Waals surface area contributed by atoms with Crippen LogP contribution in [0.15, 0.2) is 12.1 Å². The van der Waals surface area contributed by atoms with Crippen LogP contribution in [0.1, 0.15) is 56.8 Å². The van der Waals surface area contributed by atoms with Crippen molar-refractivity contribution in [3.8, 4) is 11.5 Å². The second-order valence-electron chi connectivity index (χ2n) is 7.52. The number of aromatic carboxylic acids is 1. The monoisotopic (exact) mass is 382 g/mol. The maximum atomic E-state index is 12.2. The highest BCUT2D eigenvalue weighted by Gasteiger charge is 2.31. The number of methoxy groups -OCH3 is 1. The Hall–Kier alpha value is -1.81. The van der Waals surface area contributed by atoms with Crippen molar-refractivity contribution in [2.75, 3.05) is 7.11 Å². The first-order chi connectivity index (χ1) is 12.1.